The highest BCUT2D eigenvalue weighted by molar-refractivity contribution is 4.87. The van der Waals surface area contributed by atoms with Gasteiger partial charge >= 0.3 is 0 Å². The van der Waals surface area contributed by atoms with Crippen molar-refractivity contribution in [2.75, 3.05) is 19.8 Å². The smallest absolute Gasteiger partial charge is 0.114 e. The van der Waals surface area contributed by atoms with E-state index in [0.29, 0.717) is 6.61 Å². The second-order valence-corrected chi connectivity index (χ2v) is 5.56. The number of unbranched alkanes of at least 4 members (excludes halogenated alkanes) is 4. The van der Waals surface area contributed by atoms with Gasteiger partial charge in [0.1, 0.15) is 24.4 Å². The first-order valence-electron chi connectivity index (χ1n) is 8.05. The zero-order valence-electron chi connectivity index (χ0n) is 13.0. The van der Waals surface area contributed by atoms with Crippen molar-refractivity contribution in [1.82, 2.24) is 0 Å². The van der Waals surface area contributed by atoms with Crippen molar-refractivity contribution < 1.29 is 24.8 Å². The van der Waals surface area contributed by atoms with E-state index in [0.717, 1.165) is 25.7 Å². The molecule has 21 heavy (non-hydrogen) atoms. The Morgan fingerprint density at radius 1 is 1.14 bits per heavy atom. The molecule has 0 spiro atoms. The Bertz CT molecular complexity index is 282. The molecule has 0 saturated carbocycles. The van der Waals surface area contributed by atoms with Gasteiger partial charge in [0, 0.05) is 6.61 Å². The zero-order chi connectivity index (χ0) is 15.5. The summed E-state index contributed by atoms with van der Waals surface area (Å²) in [6.07, 6.45) is 7.84. The summed E-state index contributed by atoms with van der Waals surface area (Å²) >= 11 is 0. The maximum atomic E-state index is 9.94. The van der Waals surface area contributed by atoms with E-state index in [4.69, 9.17) is 14.6 Å². The fraction of sp³-hybridized carbons (Fsp3) is 0.875. The molecule has 4 atom stereocenters. The van der Waals surface area contributed by atoms with E-state index < -0.39 is 24.4 Å². The normalized spacial score (nSPS) is 30.1. The van der Waals surface area contributed by atoms with E-state index in [1.807, 2.05) is 0 Å². The maximum absolute atomic E-state index is 9.94. The molecule has 0 amide bonds. The Labute approximate surface area is 127 Å². The number of rotatable bonds is 10. The average molecular weight is 302 g/mol. The molecular weight excluding hydrogens is 272 g/mol. The minimum absolute atomic E-state index is 0.0904. The molecule has 0 radical (unpaired) electrons. The van der Waals surface area contributed by atoms with Crippen molar-refractivity contribution in [3.63, 3.8) is 0 Å². The lowest BCUT2D eigenvalue weighted by Crippen LogP contribution is -2.55. The molecule has 0 bridgehead atoms. The summed E-state index contributed by atoms with van der Waals surface area (Å²) in [5.41, 5.74) is 0. The third-order valence-corrected chi connectivity index (χ3v) is 3.72. The lowest BCUT2D eigenvalue weighted by atomic mass is 10.0. The van der Waals surface area contributed by atoms with Crippen molar-refractivity contribution in [3.8, 4) is 0 Å². The molecule has 3 N–H and O–H groups in total. The van der Waals surface area contributed by atoms with Crippen LogP contribution in [0.5, 0.6) is 0 Å². The van der Waals surface area contributed by atoms with Gasteiger partial charge < -0.3 is 24.8 Å². The predicted octanol–water partition coefficient (Wildman–Crippen LogP) is 1.40. The second kappa shape index (κ2) is 11.2. The topological polar surface area (TPSA) is 79.2 Å². The number of hydrogen-bond acceptors (Lipinski definition) is 5. The van der Waals surface area contributed by atoms with Crippen LogP contribution in [0.3, 0.4) is 0 Å². The molecule has 1 heterocycles. The van der Waals surface area contributed by atoms with E-state index in [1.54, 1.807) is 0 Å². The first-order chi connectivity index (χ1) is 10.2. The van der Waals surface area contributed by atoms with Crippen molar-refractivity contribution in [2.24, 2.45) is 0 Å². The Hall–Kier alpha value is -0.460. The lowest BCUT2D eigenvalue weighted by molar-refractivity contribution is -0.210. The molecule has 1 aliphatic heterocycles. The monoisotopic (exact) mass is 302 g/mol. The third-order valence-electron chi connectivity index (χ3n) is 3.72. The van der Waals surface area contributed by atoms with E-state index >= 15 is 0 Å². The van der Waals surface area contributed by atoms with Gasteiger partial charge in [0.05, 0.1) is 13.2 Å². The van der Waals surface area contributed by atoms with Crippen molar-refractivity contribution in [1.29, 1.82) is 0 Å². The number of aliphatic hydroxyl groups excluding tert-OH is 3. The molecule has 1 rings (SSSR count). The van der Waals surface area contributed by atoms with Crippen molar-refractivity contribution in [2.45, 2.75) is 69.9 Å². The standard InChI is InChI=1S/C16H30O5/c1-2-3-4-5-6-7-8-9-10-20-16-13(18)12-21-14(11-17)15(16)19/h5-6,13-19H,2-4,7-12H2,1H3/b6-5+/t13-,14+,15+,16+/m1/s1. The fourth-order valence-corrected chi connectivity index (χ4v) is 2.37. The number of ether oxygens (including phenoxy) is 2. The molecule has 1 fully saturated rings. The maximum Gasteiger partial charge on any atom is 0.114 e. The highest BCUT2D eigenvalue weighted by Crippen LogP contribution is 2.18. The summed E-state index contributed by atoms with van der Waals surface area (Å²) < 4.78 is 10.7. The van der Waals surface area contributed by atoms with Gasteiger partial charge in [-0.3, -0.25) is 0 Å². The molecule has 1 aliphatic rings. The summed E-state index contributed by atoms with van der Waals surface area (Å²) in [5, 5.41) is 28.8. The van der Waals surface area contributed by atoms with Crippen LogP contribution in [0.1, 0.15) is 45.4 Å². The Morgan fingerprint density at radius 3 is 2.52 bits per heavy atom. The predicted molar refractivity (Wildman–Crippen MR) is 81.1 cm³/mol. The zero-order valence-corrected chi connectivity index (χ0v) is 13.0. The Morgan fingerprint density at radius 2 is 1.86 bits per heavy atom. The Balaban J connectivity index is 2.12. The van der Waals surface area contributed by atoms with Crippen molar-refractivity contribution >= 4 is 0 Å². The van der Waals surface area contributed by atoms with Gasteiger partial charge in [-0.05, 0) is 25.7 Å². The summed E-state index contributed by atoms with van der Waals surface area (Å²) in [4.78, 5) is 0. The molecule has 124 valence electrons. The number of allylic oxidation sites excluding steroid dienone is 2. The largest absolute Gasteiger partial charge is 0.394 e. The van der Waals surface area contributed by atoms with E-state index in [-0.39, 0.29) is 13.2 Å². The van der Waals surface area contributed by atoms with Crippen LogP contribution in [0.25, 0.3) is 0 Å². The van der Waals surface area contributed by atoms with Crippen LogP contribution in [0.2, 0.25) is 0 Å². The summed E-state index contributed by atoms with van der Waals surface area (Å²) in [6.45, 7) is 2.51. The van der Waals surface area contributed by atoms with Crippen LogP contribution in [0.15, 0.2) is 12.2 Å². The highest BCUT2D eigenvalue weighted by Gasteiger charge is 2.38. The Kier molecular flexibility index (Phi) is 9.87. The second-order valence-electron chi connectivity index (χ2n) is 5.56. The van der Waals surface area contributed by atoms with Crippen LogP contribution in [0.4, 0.5) is 0 Å². The molecular formula is C16H30O5. The van der Waals surface area contributed by atoms with Gasteiger partial charge in [-0.1, -0.05) is 31.9 Å². The SMILES string of the molecule is CCCC/C=C/CCCCO[C@@H]1[C@@H](O)[C@H](CO)OC[C@H]1O. The first kappa shape index (κ1) is 18.6. The summed E-state index contributed by atoms with van der Waals surface area (Å²) in [7, 11) is 0. The minimum atomic E-state index is -0.979. The molecule has 0 unspecified atom stereocenters. The van der Waals surface area contributed by atoms with Crippen LogP contribution in [-0.2, 0) is 9.47 Å². The molecule has 0 aromatic heterocycles. The van der Waals surface area contributed by atoms with Gasteiger partial charge in [-0.25, -0.2) is 0 Å². The van der Waals surface area contributed by atoms with Gasteiger partial charge in [0.2, 0.25) is 0 Å². The van der Waals surface area contributed by atoms with Gasteiger partial charge in [-0.15, -0.1) is 0 Å². The summed E-state index contributed by atoms with van der Waals surface area (Å²) in [6, 6.07) is 0. The number of hydrogen-bond donors (Lipinski definition) is 3. The van der Waals surface area contributed by atoms with E-state index in [9.17, 15) is 10.2 Å². The third kappa shape index (κ3) is 6.89. The molecule has 0 aromatic carbocycles. The van der Waals surface area contributed by atoms with Gasteiger partial charge in [0.15, 0.2) is 0 Å². The van der Waals surface area contributed by atoms with E-state index in [1.165, 1.54) is 12.8 Å². The van der Waals surface area contributed by atoms with Gasteiger partial charge in [-0.2, -0.15) is 0 Å². The highest BCUT2D eigenvalue weighted by atomic mass is 16.6. The number of aliphatic hydroxyl groups is 3. The van der Waals surface area contributed by atoms with Crippen LogP contribution < -0.4 is 0 Å². The molecule has 0 aliphatic carbocycles. The summed E-state index contributed by atoms with van der Waals surface area (Å²) in [5.74, 6) is 0. The van der Waals surface area contributed by atoms with Crippen LogP contribution in [0, 0.1) is 0 Å². The molecule has 1 saturated heterocycles. The minimum Gasteiger partial charge on any atom is -0.394 e. The molecule has 0 aromatic rings. The van der Waals surface area contributed by atoms with Crippen molar-refractivity contribution in [3.05, 3.63) is 12.2 Å². The van der Waals surface area contributed by atoms with Gasteiger partial charge in [0.25, 0.3) is 0 Å². The lowest BCUT2D eigenvalue weighted by Gasteiger charge is -2.37. The fourth-order valence-electron chi connectivity index (χ4n) is 2.37. The van der Waals surface area contributed by atoms with Crippen LogP contribution >= 0.6 is 0 Å². The quantitative estimate of drug-likeness (QED) is 0.420. The van der Waals surface area contributed by atoms with E-state index in [2.05, 4.69) is 19.1 Å². The molecule has 5 nitrogen and oxygen atoms in total. The molecule has 5 heteroatoms. The van der Waals surface area contributed by atoms with Crippen LogP contribution in [-0.4, -0.2) is 59.6 Å². The first-order valence-corrected chi connectivity index (χ1v) is 8.05. The average Bonchev–Trinajstić information content (AvgIpc) is 2.48.